The molecule has 25 heavy (non-hydrogen) atoms. The minimum absolute atomic E-state index is 0.0580. The molecule has 3 nitrogen and oxygen atoms in total. The van der Waals surface area contributed by atoms with Crippen LogP contribution in [0.1, 0.15) is 54.4 Å². The van der Waals surface area contributed by atoms with Crippen LogP contribution in [-0.4, -0.2) is 24.6 Å². The van der Waals surface area contributed by atoms with Crippen LogP contribution in [0.25, 0.3) is 0 Å². The van der Waals surface area contributed by atoms with E-state index >= 15 is 0 Å². The van der Waals surface area contributed by atoms with E-state index in [4.69, 9.17) is 4.74 Å². The summed E-state index contributed by atoms with van der Waals surface area (Å²) >= 11 is 1.75. The second kappa shape index (κ2) is 6.79. The zero-order valence-electron chi connectivity index (χ0n) is 14.8. The fourth-order valence-electron chi connectivity index (χ4n) is 5.72. The van der Waals surface area contributed by atoms with Gasteiger partial charge in [0.15, 0.2) is 12.4 Å². The zero-order valence-corrected chi connectivity index (χ0v) is 15.6. The third-order valence-electron chi connectivity index (χ3n) is 6.46. The van der Waals surface area contributed by atoms with Gasteiger partial charge in [0, 0.05) is 11.2 Å². The largest absolute Gasteiger partial charge is 0.454 e. The summed E-state index contributed by atoms with van der Waals surface area (Å²) in [4.78, 5) is 25.2. The van der Waals surface area contributed by atoms with Crippen molar-refractivity contribution in [3.63, 3.8) is 0 Å². The van der Waals surface area contributed by atoms with Gasteiger partial charge in [0.05, 0.1) is 5.56 Å². The second-order valence-corrected chi connectivity index (χ2v) is 9.19. The Morgan fingerprint density at radius 1 is 1.04 bits per heavy atom. The molecular formula is C21H26O3S. The summed E-state index contributed by atoms with van der Waals surface area (Å²) in [5, 5.41) is 0. The Labute approximate surface area is 153 Å². The molecule has 4 bridgehead atoms. The van der Waals surface area contributed by atoms with E-state index in [1.54, 1.807) is 23.9 Å². The minimum atomic E-state index is -0.381. The molecule has 0 unspecified atom stereocenters. The number of benzene rings is 1. The third kappa shape index (κ3) is 3.38. The molecule has 1 aromatic rings. The molecule has 4 aliphatic rings. The van der Waals surface area contributed by atoms with E-state index in [-0.39, 0.29) is 23.8 Å². The van der Waals surface area contributed by atoms with Crippen molar-refractivity contribution in [2.24, 2.45) is 23.2 Å². The molecule has 4 fully saturated rings. The van der Waals surface area contributed by atoms with E-state index in [0.717, 1.165) is 42.8 Å². The number of carbonyl (C=O) groups excluding carboxylic acids is 2. The number of hydrogen-bond donors (Lipinski definition) is 0. The minimum Gasteiger partial charge on any atom is -0.454 e. The number of thioether (sulfide) groups is 1. The van der Waals surface area contributed by atoms with Gasteiger partial charge in [0.25, 0.3) is 0 Å². The highest BCUT2D eigenvalue weighted by atomic mass is 32.2. The number of Topliss-reactive ketones (excluding diaryl/α,β-unsaturated/α-hetero) is 1. The highest BCUT2D eigenvalue weighted by Crippen LogP contribution is 2.60. The van der Waals surface area contributed by atoms with Crippen molar-refractivity contribution in [2.45, 2.75) is 44.3 Å². The van der Waals surface area contributed by atoms with Gasteiger partial charge in [-0.3, -0.25) is 4.79 Å². The van der Waals surface area contributed by atoms with Crippen LogP contribution in [0.4, 0.5) is 0 Å². The predicted molar refractivity (Wildman–Crippen MR) is 99.6 cm³/mol. The third-order valence-corrected chi connectivity index (χ3v) is 7.09. The van der Waals surface area contributed by atoms with Crippen LogP contribution in [0.2, 0.25) is 0 Å². The summed E-state index contributed by atoms with van der Waals surface area (Å²) in [5.41, 5.74) is 1.54. The first-order chi connectivity index (χ1) is 12.1. The first kappa shape index (κ1) is 17.1. The van der Waals surface area contributed by atoms with E-state index in [0.29, 0.717) is 5.56 Å². The topological polar surface area (TPSA) is 43.4 Å². The quantitative estimate of drug-likeness (QED) is 0.703. The summed E-state index contributed by atoms with van der Waals surface area (Å²) in [7, 11) is 0. The summed E-state index contributed by atoms with van der Waals surface area (Å²) in [6.45, 7) is -0.0580. The number of ether oxygens (including phenoxy) is 1. The van der Waals surface area contributed by atoms with Gasteiger partial charge in [-0.1, -0.05) is 12.1 Å². The zero-order chi connectivity index (χ0) is 17.4. The molecule has 4 saturated carbocycles. The molecule has 4 heteroatoms. The van der Waals surface area contributed by atoms with E-state index in [1.165, 1.54) is 24.8 Å². The molecule has 0 amide bonds. The highest BCUT2D eigenvalue weighted by molar-refractivity contribution is 7.97. The Bertz CT molecular complexity index is 629. The van der Waals surface area contributed by atoms with Crippen molar-refractivity contribution in [2.75, 3.05) is 12.9 Å². The van der Waals surface area contributed by atoms with Crippen molar-refractivity contribution in [1.29, 1.82) is 0 Å². The van der Waals surface area contributed by atoms with Crippen molar-refractivity contribution in [3.8, 4) is 0 Å². The first-order valence-electron chi connectivity index (χ1n) is 9.36. The molecule has 4 aliphatic carbocycles. The highest BCUT2D eigenvalue weighted by Gasteiger charge is 2.54. The smallest absolute Gasteiger partial charge is 0.338 e. The van der Waals surface area contributed by atoms with Gasteiger partial charge in [-0.15, -0.1) is 0 Å². The van der Waals surface area contributed by atoms with E-state index < -0.39 is 0 Å². The number of rotatable bonds is 6. The Morgan fingerprint density at radius 3 is 2.12 bits per heavy atom. The maximum Gasteiger partial charge on any atom is 0.338 e. The second-order valence-electron chi connectivity index (χ2n) is 8.33. The molecule has 134 valence electrons. The molecule has 0 aromatic heterocycles. The average Bonchev–Trinajstić information content (AvgIpc) is 2.59. The van der Waals surface area contributed by atoms with Gasteiger partial charge >= 0.3 is 5.97 Å². The fraction of sp³-hybridized carbons (Fsp3) is 0.619. The summed E-state index contributed by atoms with van der Waals surface area (Å²) in [6.07, 6.45) is 9.08. The molecule has 1 aromatic carbocycles. The molecule has 0 aliphatic heterocycles. The molecule has 0 heterocycles. The van der Waals surface area contributed by atoms with Crippen LogP contribution in [0.5, 0.6) is 0 Å². The monoisotopic (exact) mass is 358 g/mol. The Morgan fingerprint density at radius 2 is 1.60 bits per heavy atom. The van der Waals surface area contributed by atoms with E-state index in [2.05, 4.69) is 6.26 Å². The molecule has 0 saturated heterocycles. The van der Waals surface area contributed by atoms with Crippen molar-refractivity contribution in [3.05, 3.63) is 35.4 Å². The molecule has 0 N–H and O–H groups in total. The Hall–Kier alpha value is -1.29. The molecule has 0 spiro atoms. The lowest BCUT2D eigenvalue weighted by molar-refractivity contribution is -0.147. The van der Waals surface area contributed by atoms with Crippen molar-refractivity contribution < 1.29 is 14.3 Å². The Kier molecular flexibility index (Phi) is 4.65. The van der Waals surface area contributed by atoms with Crippen LogP contribution in [0.3, 0.4) is 0 Å². The van der Waals surface area contributed by atoms with Crippen molar-refractivity contribution >= 4 is 23.5 Å². The van der Waals surface area contributed by atoms with Crippen LogP contribution >= 0.6 is 11.8 Å². The molecular weight excluding hydrogens is 332 g/mol. The number of ketones is 1. The molecule has 5 rings (SSSR count). The standard InChI is InChI=1S/C21H26O3S/c1-25-13-14-2-4-18(5-3-14)20(23)24-12-19(22)21-9-15-6-16(10-21)8-17(7-15)11-21/h2-5,15-17H,6-13H2,1H3. The average molecular weight is 359 g/mol. The van der Waals surface area contributed by atoms with Gasteiger partial charge in [-0.05, 0) is 80.2 Å². The van der Waals surface area contributed by atoms with Gasteiger partial charge in [-0.2, -0.15) is 11.8 Å². The van der Waals surface area contributed by atoms with Gasteiger partial charge in [-0.25, -0.2) is 4.79 Å². The van der Waals surface area contributed by atoms with Crippen LogP contribution in [-0.2, 0) is 15.3 Å². The number of esters is 1. The maximum atomic E-state index is 12.9. The summed E-state index contributed by atoms with van der Waals surface area (Å²) in [6, 6.07) is 7.49. The Balaban J connectivity index is 1.36. The molecule has 0 radical (unpaired) electrons. The van der Waals surface area contributed by atoms with E-state index in [1.807, 2.05) is 12.1 Å². The summed E-state index contributed by atoms with van der Waals surface area (Å²) < 4.78 is 5.39. The predicted octanol–water partition coefficient (Wildman–Crippen LogP) is 4.49. The number of carbonyl (C=O) groups is 2. The maximum absolute atomic E-state index is 12.9. The van der Waals surface area contributed by atoms with Crippen LogP contribution in [0.15, 0.2) is 24.3 Å². The van der Waals surface area contributed by atoms with Crippen LogP contribution in [0, 0.1) is 23.2 Å². The first-order valence-corrected chi connectivity index (χ1v) is 10.8. The van der Waals surface area contributed by atoms with Gasteiger partial charge in [0.1, 0.15) is 0 Å². The number of hydrogen-bond acceptors (Lipinski definition) is 4. The van der Waals surface area contributed by atoms with Crippen molar-refractivity contribution in [1.82, 2.24) is 0 Å². The lowest BCUT2D eigenvalue weighted by atomic mass is 9.48. The SMILES string of the molecule is CSCc1ccc(C(=O)OCC(=O)C23CC4CC(CC(C4)C2)C3)cc1. The van der Waals surface area contributed by atoms with Gasteiger partial charge in [0.2, 0.25) is 0 Å². The molecule has 0 atom stereocenters. The van der Waals surface area contributed by atoms with Gasteiger partial charge < -0.3 is 4.74 Å². The normalized spacial score (nSPS) is 32.6. The fourth-order valence-corrected chi connectivity index (χ4v) is 6.25. The lowest BCUT2D eigenvalue weighted by Crippen LogP contribution is -2.51. The summed E-state index contributed by atoms with van der Waals surface area (Å²) in [5.74, 6) is 2.91. The van der Waals surface area contributed by atoms with Crippen LogP contribution < -0.4 is 0 Å². The van der Waals surface area contributed by atoms with E-state index in [9.17, 15) is 9.59 Å². The lowest BCUT2D eigenvalue weighted by Gasteiger charge is -2.55.